The van der Waals surface area contributed by atoms with Gasteiger partial charge >= 0.3 is 0 Å². The lowest BCUT2D eigenvalue weighted by atomic mass is 9.86. The lowest BCUT2D eigenvalue weighted by Crippen LogP contribution is -2.12. The third-order valence-corrected chi connectivity index (χ3v) is 11.0. The van der Waals surface area contributed by atoms with Crippen molar-refractivity contribution in [2.45, 2.75) is 0 Å². The molecule has 0 atom stereocenters. The maximum atomic E-state index is 2.45. The average molecular weight is 726 g/mol. The van der Waals surface area contributed by atoms with Gasteiger partial charge in [0.05, 0.1) is 5.69 Å². The monoisotopic (exact) mass is 725 g/mol. The van der Waals surface area contributed by atoms with Gasteiger partial charge in [-0.25, -0.2) is 0 Å². The molecular formula is C56H39N. The van der Waals surface area contributed by atoms with E-state index in [1.807, 2.05) is 0 Å². The molecule has 57 heavy (non-hydrogen) atoms. The molecule has 0 aliphatic heterocycles. The fourth-order valence-electron chi connectivity index (χ4n) is 8.32. The largest absolute Gasteiger partial charge is 0.310 e. The van der Waals surface area contributed by atoms with Crippen LogP contribution in [0.4, 0.5) is 17.1 Å². The highest BCUT2D eigenvalue weighted by Gasteiger charge is 2.23. The highest BCUT2D eigenvalue weighted by atomic mass is 15.1. The van der Waals surface area contributed by atoms with Crippen LogP contribution in [0.1, 0.15) is 0 Å². The van der Waals surface area contributed by atoms with Crippen molar-refractivity contribution in [2.75, 3.05) is 4.90 Å². The van der Waals surface area contributed by atoms with Crippen molar-refractivity contribution in [3.05, 3.63) is 237 Å². The Morgan fingerprint density at radius 3 is 1.42 bits per heavy atom. The number of hydrogen-bond donors (Lipinski definition) is 0. The number of fused-ring (bicyclic) bond motifs is 3. The van der Waals surface area contributed by atoms with Crippen molar-refractivity contribution in [1.29, 1.82) is 0 Å². The first-order chi connectivity index (χ1) is 28.3. The van der Waals surface area contributed by atoms with Crippen molar-refractivity contribution in [3.8, 4) is 55.6 Å². The molecule has 0 aromatic heterocycles. The van der Waals surface area contributed by atoms with Crippen molar-refractivity contribution < 1.29 is 0 Å². The van der Waals surface area contributed by atoms with Crippen molar-refractivity contribution in [1.82, 2.24) is 0 Å². The van der Waals surface area contributed by atoms with E-state index in [-0.39, 0.29) is 0 Å². The third kappa shape index (κ3) is 6.56. The zero-order valence-corrected chi connectivity index (χ0v) is 31.5. The number of anilines is 3. The van der Waals surface area contributed by atoms with Crippen LogP contribution in [0.25, 0.3) is 77.2 Å². The molecule has 0 bridgehead atoms. The molecule has 0 radical (unpaired) electrons. The lowest BCUT2D eigenvalue weighted by molar-refractivity contribution is 1.28. The first-order valence-corrected chi connectivity index (χ1v) is 19.6. The summed E-state index contributed by atoms with van der Waals surface area (Å²) in [5.41, 5.74) is 15.1. The second kappa shape index (κ2) is 15.0. The van der Waals surface area contributed by atoms with Gasteiger partial charge in [0, 0.05) is 16.9 Å². The van der Waals surface area contributed by atoms with E-state index >= 15 is 0 Å². The number of rotatable bonds is 8. The third-order valence-electron chi connectivity index (χ3n) is 11.0. The van der Waals surface area contributed by atoms with Gasteiger partial charge in [-0.05, 0) is 114 Å². The molecule has 0 N–H and O–H groups in total. The van der Waals surface area contributed by atoms with E-state index in [0.717, 1.165) is 17.1 Å². The molecule has 268 valence electrons. The van der Waals surface area contributed by atoms with Gasteiger partial charge < -0.3 is 4.90 Å². The second-order valence-electron chi connectivity index (χ2n) is 14.5. The smallest absolute Gasteiger partial charge is 0.0546 e. The molecule has 0 aliphatic carbocycles. The first-order valence-electron chi connectivity index (χ1n) is 19.6. The van der Waals surface area contributed by atoms with E-state index in [9.17, 15) is 0 Å². The number of nitrogens with zero attached hydrogens (tertiary/aromatic N) is 1. The van der Waals surface area contributed by atoms with Crippen LogP contribution in [0.2, 0.25) is 0 Å². The van der Waals surface area contributed by atoms with Crippen LogP contribution < -0.4 is 4.90 Å². The summed E-state index contributed by atoms with van der Waals surface area (Å²) in [4.78, 5) is 2.45. The SMILES string of the molecule is c1ccc(-c2ccc(N(c3cccc(-c4ccccc4)c3)c3cccc(-c4cccc(-c5ccccc5)c4)c3-c3cc4ccccc4c4ccccc34)cc2)cc1. The van der Waals surface area contributed by atoms with E-state index in [0.29, 0.717) is 0 Å². The lowest BCUT2D eigenvalue weighted by Gasteiger charge is -2.30. The molecule has 0 unspecified atom stereocenters. The average Bonchev–Trinajstić information content (AvgIpc) is 3.30. The van der Waals surface area contributed by atoms with Gasteiger partial charge in [0.25, 0.3) is 0 Å². The summed E-state index contributed by atoms with van der Waals surface area (Å²) in [7, 11) is 0. The molecule has 10 aromatic carbocycles. The minimum absolute atomic E-state index is 1.08. The van der Waals surface area contributed by atoms with Crippen LogP contribution in [0.15, 0.2) is 237 Å². The summed E-state index contributed by atoms with van der Waals surface area (Å²) in [6.07, 6.45) is 0. The summed E-state index contributed by atoms with van der Waals surface area (Å²) in [6, 6.07) is 85.8. The van der Waals surface area contributed by atoms with Gasteiger partial charge in [-0.1, -0.05) is 194 Å². The van der Waals surface area contributed by atoms with Crippen LogP contribution in [-0.4, -0.2) is 0 Å². The van der Waals surface area contributed by atoms with Gasteiger partial charge in [0.1, 0.15) is 0 Å². The van der Waals surface area contributed by atoms with Crippen LogP contribution >= 0.6 is 0 Å². The molecule has 0 spiro atoms. The van der Waals surface area contributed by atoms with E-state index in [2.05, 4.69) is 241 Å². The highest BCUT2D eigenvalue weighted by molar-refractivity contribution is 6.16. The predicted molar refractivity (Wildman–Crippen MR) is 243 cm³/mol. The fourth-order valence-corrected chi connectivity index (χ4v) is 8.32. The zero-order valence-electron chi connectivity index (χ0n) is 31.5. The predicted octanol–water partition coefficient (Wildman–Crippen LogP) is 15.8. The van der Waals surface area contributed by atoms with Crippen LogP contribution in [-0.2, 0) is 0 Å². The Hall–Kier alpha value is -7.48. The normalized spacial score (nSPS) is 11.2. The Morgan fingerprint density at radius 1 is 0.246 bits per heavy atom. The molecule has 0 saturated carbocycles. The van der Waals surface area contributed by atoms with Crippen molar-refractivity contribution in [2.24, 2.45) is 0 Å². The maximum absolute atomic E-state index is 2.45. The molecule has 0 saturated heterocycles. The van der Waals surface area contributed by atoms with Gasteiger partial charge in [0.15, 0.2) is 0 Å². The molecule has 10 aromatic rings. The summed E-state index contributed by atoms with van der Waals surface area (Å²) < 4.78 is 0. The summed E-state index contributed by atoms with van der Waals surface area (Å²) in [5, 5.41) is 4.94. The molecule has 1 nitrogen and oxygen atoms in total. The quantitative estimate of drug-likeness (QED) is 0.141. The summed E-state index contributed by atoms with van der Waals surface area (Å²) in [6.45, 7) is 0. The molecule has 0 fully saturated rings. The Morgan fingerprint density at radius 2 is 0.737 bits per heavy atom. The van der Waals surface area contributed by atoms with Crippen molar-refractivity contribution in [3.63, 3.8) is 0 Å². The fraction of sp³-hybridized carbons (Fsp3) is 0. The second-order valence-corrected chi connectivity index (χ2v) is 14.5. The van der Waals surface area contributed by atoms with Crippen LogP contribution in [0.3, 0.4) is 0 Å². The van der Waals surface area contributed by atoms with Gasteiger partial charge in [-0.2, -0.15) is 0 Å². The Bertz CT molecular complexity index is 2990. The molecule has 0 heterocycles. The Labute approximate surface area is 334 Å². The van der Waals surface area contributed by atoms with Crippen LogP contribution in [0, 0.1) is 0 Å². The molecule has 0 aliphatic rings. The standard InChI is InChI=1S/C56H39N/c1-4-17-40(18-5-1)43-33-35-48(36-34-43)57(49-27-15-25-45(38-49)42-21-8-3-9-22-42)55-32-16-31-51(46-26-14-24-44(37-46)41-19-6-2-7-20-41)56(55)54-39-47-23-10-11-28-50(47)52-29-12-13-30-53(52)54/h1-39H. The Balaban J connectivity index is 1.27. The first kappa shape index (κ1) is 34.0. The molecular weight excluding hydrogens is 687 g/mol. The van der Waals surface area contributed by atoms with Gasteiger partial charge in [-0.15, -0.1) is 0 Å². The molecule has 10 rings (SSSR count). The topological polar surface area (TPSA) is 3.24 Å². The van der Waals surface area contributed by atoms with Gasteiger partial charge in [0.2, 0.25) is 0 Å². The summed E-state index contributed by atoms with van der Waals surface area (Å²) in [5.74, 6) is 0. The van der Waals surface area contributed by atoms with E-state index < -0.39 is 0 Å². The number of benzene rings is 10. The summed E-state index contributed by atoms with van der Waals surface area (Å²) >= 11 is 0. The van der Waals surface area contributed by atoms with E-state index in [4.69, 9.17) is 0 Å². The maximum Gasteiger partial charge on any atom is 0.0546 e. The van der Waals surface area contributed by atoms with E-state index in [1.54, 1.807) is 0 Å². The Kier molecular flexibility index (Phi) is 8.95. The van der Waals surface area contributed by atoms with Gasteiger partial charge in [-0.3, -0.25) is 0 Å². The van der Waals surface area contributed by atoms with E-state index in [1.165, 1.54) is 77.2 Å². The zero-order chi connectivity index (χ0) is 38.0. The minimum atomic E-state index is 1.08. The van der Waals surface area contributed by atoms with Crippen LogP contribution in [0.5, 0.6) is 0 Å². The highest BCUT2D eigenvalue weighted by Crippen LogP contribution is 2.49. The van der Waals surface area contributed by atoms with Crippen molar-refractivity contribution >= 4 is 38.6 Å². The molecule has 0 amide bonds. The minimum Gasteiger partial charge on any atom is -0.310 e. The number of hydrogen-bond acceptors (Lipinski definition) is 1. The molecule has 1 heteroatoms.